The van der Waals surface area contributed by atoms with Gasteiger partial charge in [-0.2, -0.15) is 0 Å². The highest BCUT2D eigenvalue weighted by Gasteiger charge is 2.27. The number of aliphatic imine (C=N–C) groups is 1. The first-order valence-corrected chi connectivity index (χ1v) is 9.79. The SMILES string of the molecule is O=C(NC(Cc1ccccc1)c1ccccc1)C1=NCC(=O)N(c2ccccc2)N1. The van der Waals surface area contributed by atoms with E-state index >= 15 is 0 Å². The van der Waals surface area contributed by atoms with E-state index in [0.29, 0.717) is 12.1 Å². The van der Waals surface area contributed by atoms with Crippen LogP contribution < -0.4 is 15.8 Å². The fourth-order valence-electron chi connectivity index (χ4n) is 3.34. The number of amides is 2. The Labute approximate surface area is 175 Å². The molecule has 0 aromatic heterocycles. The van der Waals surface area contributed by atoms with Crippen LogP contribution >= 0.6 is 0 Å². The van der Waals surface area contributed by atoms with Gasteiger partial charge in [0, 0.05) is 0 Å². The molecule has 1 aliphatic rings. The smallest absolute Gasteiger partial charge is 0.288 e. The number of carbonyl (C=O) groups excluding carboxylic acids is 2. The largest absolute Gasteiger partial charge is 0.342 e. The molecule has 2 N–H and O–H groups in total. The van der Waals surface area contributed by atoms with E-state index in [0.717, 1.165) is 11.1 Å². The Morgan fingerprint density at radius 2 is 1.53 bits per heavy atom. The van der Waals surface area contributed by atoms with Gasteiger partial charge < -0.3 is 5.32 Å². The predicted octanol–water partition coefficient (Wildman–Crippen LogP) is 3.04. The number of nitrogens with one attached hydrogen (secondary N) is 2. The van der Waals surface area contributed by atoms with E-state index < -0.39 is 0 Å². The molecule has 1 heterocycles. The van der Waals surface area contributed by atoms with E-state index in [1.807, 2.05) is 78.9 Å². The first-order valence-electron chi connectivity index (χ1n) is 9.79. The first kappa shape index (κ1) is 19.4. The van der Waals surface area contributed by atoms with Gasteiger partial charge >= 0.3 is 0 Å². The Morgan fingerprint density at radius 3 is 2.20 bits per heavy atom. The second kappa shape index (κ2) is 9.05. The van der Waals surface area contributed by atoms with Gasteiger partial charge in [-0.25, -0.2) is 5.01 Å². The van der Waals surface area contributed by atoms with Crippen LogP contribution in [0.4, 0.5) is 5.69 Å². The average Bonchev–Trinajstić information content (AvgIpc) is 2.81. The maximum Gasteiger partial charge on any atom is 0.288 e. The van der Waals surface area contributed by atoms with Gasteiger partial charge in [-0.3, -0.25) is 20.0 Å². The molecule has 150 valence electrons. The van der Waals surface area contributed by atoms with Crippen LogP contribution in [0.25, 0.3) is 0 Å². The molecular formula is C24H22N4O2. The molecule has 2 amide bonds. The Balaban J connectivity index is 1.53. The summed E-state index contributed by atoms with van der Waals surface area (Å²) in [5, 5.41) is 4.43. The number of carbonyl (C=O) groups is 2. The summed E-state index contributed by atoms with van der Waals surface area (Å²) >= 11 is 0. The summed E-state index contributed by atoms with van der Waals surface area (Å²) in [5.41, 5.74) is 5.64. The minimum absolute atomic E-state index is 0.0840. The summed E-state index contributed by atoms with van der Waals surface area (Å²) in [5.74, 6) is -0.456. The van der Waals surface area contributed by atoms with E-state index in [2.05, 4.69) is 15.7 Å². The molecule has 3 aromatic carbocycles. The lowest BCUT2D eigenvalue weighted by molar-refractivity contribution is -0.118. The molecule has 0 radical (unpaired) electrons. The van der Waals surface area contributed by atoms with Crippen molar-refractivity contribution in [3.05, 3.63) is 102 Å². The molecule has 4 rings (SSSR count). The third-order valence-corrected chi connectivity index (χ3v) is 4.86. The zero-order chi connectivity index (χ0) is 20.8. The van der Waals surface area contributed by atoms with Crippen LogP contribution in [0.1, 0.15) is 17.2 Å². The summed E-state index contributed by atoms with van der Waals surface area (Å²) < 4.78 is 0. The third kappa shape index (κ3) is 4.55. The van der Waals surface area contributed by atoms with Crippen LogP contribution in [0, 0.1) is 0 Å². The van der Waals surface area contributed by atoms with Crippen molar-refractivity contribution in [1.29, 1.82) is 0 Å². The Hall–Kier alpha value is -3.93. The third-order valence-electron chi connectivity index (χ3n) is 4.86. The number of nitrogens with zero attached hydrogens (tertiary/aromatic N) is 2. The van der Waals surface area contributed by atoms with Crippen molar-refractivity contribution in [2.24, 2.45) is 4.99 Å². The van der Waals surface area contributed by atoms with E-state index in [9.17, 15) is 9.59 Å². The van der Waals surface area contributed by atoms with Gasteiger partial charge in [-0.1, -0.05) is 78.9 Å². The highest BCUT2D eigenvalue weighted by Crippen LogP contribution is 2.19. The molecule has 0 saturated heterocycles. The molecule has 1 atom stereocenters. The number of benzene rings is 3. The zero-order valence-electron chi connectivity index (χ0n) is 16.4. The number of hydrogen-bond acceptors (Lipinski definition) is 4. The van der Waals surface area contributed by atoms with E-state index in [1.165, 1.54) is 5.01 Å². The summed E-state index contributed by atoms with van der Waals surface area (Å²) in [4.78, 5) is 29.4. The van der Waals surface area contributed by atoms with Gasteiger partial charge in [0.15, 0.2) is 0 Å². The molecule has 6 nitrogen and oxygen atoms in total. The van der Waals surface area contributed by atoms with Gasteiger partial charge in [0.05, 0.1) is 11.7 Å². The molecule has 1 unspecified atom stereocenters. The summed E-state index contributed by atoms with van der Waals surface area (Å²) in [6.07, 6.45) is 0.644. The quantitative estimate of drug-likeness (QED) is 0.670. The van der Waals surface area contributed by atoms with Crippen LogP contribution in [0.15, 0.2) is 96.0 Å². The Bertz CT molecular complexity index is 1040. The fourth-order valence-corrected chi connectivity index (χ4v) is 3.34. The molecule has 0 aliphatic carbocycles. The van der Waals surface area contributed by atoms with Crippen molar-refractivity contribution in [1.82, 2.24) is 10.7 Å². The van der Waals surface area contributed by atoms with Crippen molar-refractivity contribution >= 4 is 23.3 Å². The molecular weight excluding hydrogens is 376 g/mol. The molecule has 6 heteroatoms. The molecule has 0 fully saturated rings. The van der Waals surface area contributed by atoms with Crippen molar-refractivity contribution in [2.45, 2.75) is 12.5 Å². The Morgan fingerprint density at radius 1 is 0.933 bits per heavy atom. The van der Waals surface area contributed by atoms with Crippen LogP contribution in [0.5, 0.6) is 0 Å². The van der Waals surface area contributed by atoms with Crippen molar-refractivity contribution in [2.75, 3.05) is 11.6 Å². The number of hydrogen-bond donors (Lipinski definition) is 2. The lowest BCUT2D eigenvalue weighted by atomic mass is 9.99. The normalized spacial score (nSPS) is 14.5. The number of rotatable bonds is 6. The van der Waals surface area contributed by atoms with Gasteiger partial charge in [0.1, 0.15) is 6.54 Å². The first-order chi connectivity index (χ1) is 14.7. The number of hydrazine groups is 1. The van der Waals surface area contributed by atoms with Crippen LogP contribution in [0.2, 0.25) is 0 Å². The predicted molar refractivity (Wildman–Crippen MR) is 117 cm³/mol. The van der Waals surface area contributed by atoms with E-state index in [4.69, 9.17) is 0 Å². The number of anilines is 1. The second-order valence-corrected chi connectivity index (χ2v) is 6.97. The van der Waals surface area contributed by atoms with Gasteiger partial charge in [-0.05, 0) is 29.7 Å². The van der Waals surface area contributed by atoms with Crippen molar-refractivity contribution < 1.29 is 9.59 Å². The van der Waals surface area contributed by atoms with Crippen molar-refractivity contribution in [3.8, 4) is 0 Å². The minimum atomic E-state index is -0.354. The topological polar surface area (TPSA) is 73.8 Å². The maximum absolute atomic E-state index is 13.0. The Kier molecular flexibility index (Phi) is 5.85. The molecule has 0 bridgehead atoms. The molecule has 30 heavy (non-hydrogen) atoms. The second-order valence-electron chi connectivity index (χ2n) is 6.97. The van der Waals surface area contributed by atoms with Crippen molar-refractivity contribution in [3.63, 3.8) is 0 Å². The van der Waals surface area contributed by atoms with E-state index in [1.54, 1.807) is 12.1 Å². The molecule has 0 saturated carbocycles. The van der Waals surface area contributed by atoms with Crippen LogP contribution in [0.3, 0.4) is 0 Å². The zero-order valence-corrected chi connectivity index (χ0v) is 16.4. The average molecular weight is 398 g/mol. The molecule has 3 aromatic rings. The highest BCUT2D eigenvalue weighted by atomic mass is 16.2. The highest BCUT2D eigenvalue weighted by molar-refractivity contribution is 6.39. The summed E-state index contributed by atoms with van der Waals surface area (Å²) in [6.45, 7) is -0.0840. The van der Waals surface area contributed by atoms with Gasteiger partial charge in [-0.15, -0.1) is 0 Å². The number of para-hydroxylation sites is 1. The van der Waals surface area contributed by atoms with Crippen LogP contribution in [-0.2, 0) is 16.0 Å². The fraction of sp³-hybridized carbons (Fsp3) is 0.125. The lowest BCUT2D eigenvalue weighted by Gasteiger charge is -2.28. The lowest BCUT2D eigenvalue weighted by Crippen LogP contribution is -2.56. The molecule has 0 spiro atoms. The molecule has 1 aliphatic heterocycles. The van der Waals surface area contributed by atoms with Crippen LogP contribution in [-0.4, -0.2) is 24.2 Å². The number of amidine groups is 1. The maximum atomic E-state index is 13.0. The van der Waals surface area contributed by atoms with Gasteiger partial charge in [0.2, 0.25) is 5.84 Å². The monoisotopic (exact) mass is 398 g/mol. The standard InChI is InChI=1S/C24H22N4O2/c29-22-17-25-23(27-28(22)20-14-8-3-9-15-20)24(30)26-21(19-12-6-2-7-13-19)16-18-10-4-1-5-11-18/h1-15,21H,16-17H2,(H,25,27)(H,26,30). The summed E-state index contributed by atoms with van der Waals surface area (Å²) in [6, 6.07) is 28.7. The summed E-state index contributed by atoms with van der Waals surface area (Å²) in [7, 11) is 0. The van der Waals surface area contributed by atoms with Gasteiger partial charge in [0.25, 0.3) is 11.8 Å². The minimum Gasteiger partial charge on any atom is -0.342 e. The van der Waals surface area contributed by atoms with E-state index in [-0.39, 0.29) is 30.2 Å².